The summed E-state index contributed by atoms with van der Waals surface area (Å²) < 4.78 is 13.8. The largest absolute Gasteiger partial charge is 0.377 e. The van der Waals surface area contributed by atoms with Gasteiger partial charge in [-0.05, 0) is 18.4 Å². The molecule has 1 aromatic carbocycles. The van der Waals surface area contributed by atoms with E-state index in [0.29, 0.717) is 23.9 Å². The Balaban J connectivity index is 1.39. The van der Waals surface area contributed by atoms with Gasteiger partial charge in [0, 0.05) is 13.2 Å². The lowest BCUT2D eigenvalue weighted by Crippen LogP contribution is -2.21. The lowest BCUT2D eigenvalue weighted by atomic mass is 10.1. The number of rotatable bonds is 6. The molecule has 0 spiro atoms. The highest BCUT2D eigenvalue weighted by Gasteiger charge is 2.31. The van der Waals surface area contributed by atoms with Gasteiger partial charge in [0.05, 0.1) is 25.1 Å². The van der Waals surface area contributed by atoms with Crippen LogP contribution in [0, 0.1) is 0 Å². The summed E-state index contributed by atoms with van der Waals surface area (Å²) in [7, 11) is 0. The number of hydrogen-bond donors (Lipinski definition) is 0. The fourth-order valence-electron chi connectivity index (χ4n) is 3.26. The number of fused-ring (bicyclic) bond motifs is 1. The van der Waals surface area contributed by atoms with Crippen LogP contribution >= 0.6 is 11.6 Å². The monoisotopic (exact) mass is 358 g/mol. The van der Waals surface area contributed by atoms with Gasteiger partial charge in [0.2, 0.25) is 0 Å². The Labute approximate surface area is 150 Å². The number of aromatic nitrogens is 4. The van der Waals surface area contributed by atoms with Crippen molar-refractivity contribution in [2.24, 2.45) is 0 Å². The lowest BCUT2D eigenvalue weighted by Gasteiger charge is -2.20. The molecular weight excluding hydrogens is 340 g/mol. The van der Waals surface area contributed by atoms with Gasteiger partial charge < -0.3 is 14.0 Å². The van der Waals surface area contributed by atoms with Crippen molar-refractivity contribution in [1.82, 2.24) is 19.5 Å². The SMILES string of the molecule is Clc1ncnc2c1ncn2[C@H]1CCO[C@@H]1CCOCc1ccccc1. The van der Waals surface area contributed by atoms with Gasteiger partial charge >= 0.3 is 0 Å². The van der Waals surface area contributed by atoms with Crippen LogP contribution in [0.2, 0.25) is 5.15 Å². The van der Waals surface area contributed by atoms with Crippen LogP contribution in [0.5, 0.6) is 0 Å². The van der Waals surface area contributed by atoms with Crippen molar-refractivity contribution >= 4 is 22.8 Å². The molecule has 7 heteroatoms. The fraction of sp³-hybridized carbons (Fsp3) is 0.389. The lowest BCUT2D eigenvalue weighted by molar-refractivity contribution is 0.0418. The van der Waals surface area contributed by atoms with Crippen molar-refractivity contribution in [2.45, 2.75) is 31.6 Å². The Bertz CT molecular complexity index is 839. The average molecular weight is 359 g/mol. The molecule has 1 aliphatic rings. The van der Waals surface area contributed by atoms with Crippen LogP contribution in [0.3, 0.4) is 0 Å². The molecule has 2 aromatic heterocycles. The molecule has 130 valence electrons. The molecule has 0 saturated carbocycles. The Kier molecular flexibility index (Phi) is 4.92. The fourth-order valence-corrected chi connectivity index (χ4v) is 3.44. The van der Waals surface area contributed by atoms with E-state index < -0.39 is 0 Å². The van der Waals surface area contributed by atoms with Gasteiger partial charge in [-0.1, -0.05) is 41.9 Å². The molecule has 0 bridgehead atoms. The van der Waals surface area contributed by atoms with E-state index in [0.717, 1.165) is 25.1 Å². The van der Waals surface area contributed by atoms with Gasteiger partial charge in [-0.25, -0.2) is 15.0 Å². The van der Waals surface area contributed by atoms with E-state index in [-0.39, 0.29) is 12.1 Å². The van der Waals surface area contributed by atoms with Crippen LogP contribution in [0.15, 0.2) is 43.0 Å². The second-order valence-corrected chi connectivity index (χ2v) is 6.44. The first-order valence-corrected chi connectivity index (χ1v) is 8.77. The number of benzene rings is 1. The van der Waals surface area contributed by atoms with Crippen LogP contribution in [0.25, 0.3) is 11.2 Å². The maximum Gasteiger partial charge on any atom is 0.165 e. The first-order chi connectivity index (χ1) is 12.3. The van der Waals surface area contributed by atoms with Crippen molar-refractivity contribution in [2.75, 3.05) is 13.2 Å². The van der Waals surface area contributed by atoms with E-state index in [1.165, 1.54) is 11.9 Å². The quantitative estimate of drug-likeness (QED) is 0.499. The van der Waals surface area contributed by atoms with E-state index in [4.69, 9.17) is 21.1 Å². The van der Waals surface area contributed by atoms with Gasteiger partial charge in [0.15, 0.2) is 10.8 Å². The minimum Gasteiger partial charge on any atom is -0.377 e. The number of halogens is 1. The molecule has 1 fully saturated rings. The smallest absolute Gasteiger partial charge is 0.165 e. The van der Waals surface area contributed by atoms with Crippen molar-refractivity contribution in [1.29, 1.82) is 0 Å². The zero-order chi connectivity index (χ0) is 17.1. The van der Waals surface area contributed by atoms with Gasteiger partial charge in [-0.3, -0.25) is 0 Å². The summed E-state index contributed by atoms with van der Waals surface area (Å²) in [4.78, 5) is 12.7. The maximum atomic E-state index is 6.10. The van der Waals surface area contributed by atoms with Gasteiger partial charge in [0.25, 0.3) is 0 Å². The van der Waals surface area contributed by atoms with E-state index in [1.54, 1.807) is 6.33 Å². The topological polar surface area (TPSA) is 62.1 Å². The molecule has 0 amide bonds. The molecule has 0 N–H and O–H groups in total. The third-order valence-electron chi connectivity index (χ3n) is 4.50. The van der Waals surface area contributed by atoms with Crippen LogP contribution in [-0.2, 0) is 16.1 Å². The highest BCUT2D eigenvalue weighted by molar-refractivity contribution is 6.33. The van der Waals surface area contributed by atoms with Gasteiger partial charge in [0.1, 0.15) is 11.8 Å². The normalized spacial score (nSPS) is 20.4. The van der Waals surface area contributed by atoms with Crippen LogP contribution < -0.4 is 0 Å². The zero-order valence-corrected chi connectivity index (χ0v) is 14.5. The van der Waals surface area contributed by atoms with E-state index in [2.05, 4.69) is 31.7 Å². The van der Waals surface area contributed by atoms with E-state index in [9.17, 15) is 0 Å². The molecule has 6 nitrogen and oxygen atoms in total. The van der Waals surface area contributed by atoms with Crippen molar-refractivity contribution in [3.8, 4) is 0 Å². The molecule has 0 unspecified atom stereocenters. The van der Waals surface area contributed by atoms with Crippen molar-refractivity contribution in [3.63, 3.8) is 0 Å². The van der Waals surface area contributed by atoms with E-state index >= 15 is 0 Å². The highest BCUT2D eigenvalue weighted by atomic mass is 35.5. The molecule has 3 aromatic rings. The Hall–Kier alpha value is -2.02. The third-order valence-corrected chi connectivity index (χ3v) is 4.78. The predicted molar refractivity (Wildman–Crippen MR) is 94.4 cm³/mol. The van der Waals surface area contributed by atoms with Crippen LogP contribution in [0.4, 0.5) is 0 Å². The Morgan fingerprint density at radius 1 is 1.20 bits per heavy atom. The minimum absolute atomic E-state index is 0.0851. The number of imidazole rings is 1. The molecule has 25 heavy (non-hydrogen) atoms. The second kappa shape index (κ2) is 7.47. The molecule has 1 aliphatic heterocycles. The summed E-state index contributed by atoms with van der Waals surface area (Å²) in [5.74, 6) is 0. The third kappa shape index (κ3) is 3.51. The van der Waals surface area contributed by atoms with Gasteiger partial charge in [-0.15, -0.1) is 0 Å². The molecule has 0 radical (unpaired) electrons. The molecular formula is C18H19ClN4O2. The second-order valence-electron chi connectivity index (χ2n) is 6.08. The van der Waals surface area contributed by atoms with Crippen LogP contribution in [-0.4, -0.2) is 38.8 Å². The molecule has 0 aliphatic carbocycles. The predicted octanol–water partition coefficient (Wildman–Crippen LogP) is 3.42. The van der Waals surface area contributed by atoms with Crippen molar-refractivity contribution in [3.05, 3.63) is 53.7 Å². The zero-order valence-electron chi connectivity index (χ0n) is 13.7. The molecule has 2 atom stereocenters. The Morgan fingerprint density at radius 2 is 2.08 bits per heavy atom. The summed E-state index contributed by atoms with van der Waals surface area (Å²) in [5, 5.41) is 0.380. The summed E-state index contributed by atoms with van der Waals surface area (Å²) in [5.41, 5.74) is 2.57. The summed E-state index contributed by atoms with van der Waals surface area (Å²) in [6.45, 7) is 2.00. The Morgan fingerprint density at radius 3 is 2.96 bits per heavy atom. The summed E-state index contributed by atoms with van der Waals surface area (Å²) in [6, 6.07) is 10.4. The summed E-state index contributed by atoms with van der Waals surface area (Å²) >= 11 is 6.10. The number of ether oxygens (including phenoxy) is 2. The first kappa shape index (κ1) is 16.4. The average Bonchev–Trinajstić information content (AvgIpc) is 3.26. The highest BCUT2D eigenvalue weighted by Crippen LogP contribution is 2.31. The maximum absolute atomic E-state index is 6.10. The molecule has 1 saturated heterocycles. The van der Waals surface area contributed by atoms with Crippen LogP contribution in [0.1, 0.15) is 24.4 Å². The molecule has 4 rings (SSSR count). The minimum atomic E-state index is 0.0851. The first-order valence-electron chi connectivity index (χ1n) is 8.39. The standard InChI is InChI=1S/C18H19ClN4O2/c19-17-16-18(21-11-20-17)23(12-22-16)14-6-9-25-15(14)7-8-24-10-13-4-2-1-3-5-13/h1-5,11-12,14-15H,6-10H2/t14-,15+/m0/s1. The number of nitrogens with zero attached hydrogens (tertiary/aromatic N) is 4. The number of hydrogen-bond acceptors (Lipinski definition) is 5. The van der Waals surface area contributed by atoms with Crippen molar-refractivity contribution < 1.29 is 9.47 Å². The van der Waals surface area contributed by atoms with E-state index in [1.807, 2.05) is 18.2 Å². The summed E-state index contributed by atoms with van der Waals surface area (Å²) in [6.07, 6.45) is 5.09. The molecule has 3 heterocycles. The van der Waals surface area contributed by atoms with Gasteiger partial charge in [-0.2, -0.15) is 0 Å².